The van der Waals surface area contributed by atoms with E-state index in [4.69, 9.17) is 16.9 Å². The van der Waals surface area contributed by atoms with Gasteiger partial charge in [-0.1, -0.05) is 29.8 Å². The second-order valence-corrected chi connectivity index (χ2v) is 8.87. The number of hydrogen-bond donors (Lipinski definition) is 0. The van der Waals surface area contributed by atoms with E-state index in [1.807, 2.05) is 6.07 Å². The first-order chi connectivity index (χ1) is 9.96. The van der Waals surface area contributed by atoms with Gasteiger partial charge in [-0.3, -0.25) is 4.31 Å². The Labute approximate surface area is 140 Å². The normalized spacial score (nSPS) is 11.1. The van der Waals surface area contributed by atoms with Crippen LogP contribution in [0.4, 0.5) is 5.69 Å². The standard InChI is InChI=1S/C13H10BrClN2O2S2/c14-13-11(15)9-12(20-13)21(18,19)17(8-4-7-16)10-5-2-1-3-6-10/h1-3,5-6,9H,4,8H2. The summed E-state index contributed by atoms with van der Waals surface area (Å²) in [6.07, 6.45) is 0.106. The molecule has 0 atom stereocenters. The number of halogens is 2. The lowest BCUT2D eigenvalue weighted by atomic mass is 10.3. The molecule has 0 saturated carbocycles. The Morgan fingerprint density at radius 3 is 2.52 bits per heavy atom. The van der Waals surface area contributed by atoms with Crippen LogP contribution < -0.4 is 4.31 Å². The summed E-state index contributed by atoms with van der Waals surface area (Å²) in [7, 11) is -3.74. The lowest BCUT2D eigenvalue weighted by molar-refractivity contribution is 0.593. The summed E-state index contributed by atoms with van der Waals surface area (Å²) in [6.45, 7) is 0.0932. The largest absolute Gasteiger partial charge is 0.273 e. The quantitative estimate of drug-likeness (QED) is 0.746. The van der Waals surface area contributed by atoms with Gasteiger partial charge in [0, 0.05) is 6.54 Å². The summed E-state index contributed by atoms with van der Waals surface area (Å²) in [5, 5.41) is 9.10. The number of anilines is 1. The number of thiophene rings is 1. The van der Waals surface area contributed by atoms with Gasteiger partial charge in [-0.05, 0) is 34.1 Å². The minimum absolute atomic E-state index is 0.0932. The molecule has 0 fully saturated rings. The van der Waals surface area contributed by atoms with E-state index in [0.717, 1.165) is 11.3 Å². The SMILES string of the molecule is N#CCCN(c1ccccc1)S(=O)(=O)c1cc(Cl)c(Br)s1. The molecule has 1 aromatic heterocycles. The molecule has 0 saturated heterocycles. The molecule has 0 aliphatic heterocycles. The number of rotatable bonds is 5. The summed E-state index contributed by atoms with van der Waals surface area (Å²) >= 11 is 10.2. The molecular weight excluding hydrogens is 396 g/mol. The van der Waals surface area contributed by atoms with E-state index < -0.39 is 10.0 Å². The van der Waals surface area contributed by atoms with Crippen LogP contribution >= 0.6 is 38.9 Å². The Morgan fingerprint density at radius 1 is 1.33 bits per heavy atom. The second-order valence-electron chi connectivity index (χ2n) is 4.01. The van der Waals surface area contributed by atoms with E-state index in [1.54, 1.807) is 30.3 Å². The van der Waals surface area contributed by atoms with Crippen LogP contribution in [0.5, 0.6) is 0 Å². The zero-order valence-corrected chi connectivity index (χ0v) is 14.6. The average Bonchev–Trinajstić information content (AvgIpc) is 2.81. The van der Waals surface area contributed by atoms with Gasteiger partial charge in [0.1, 0.15) is 4.21 Å². The Morgan fingerprint density at radius 2 is 2.00 bits per heavy atom. The molecule has 8 heteroatoms. The number of sulfonamides is 1. The molecule has 1 aromatic carbocycles. The third-order valence-electron chi connectivity index (χ3n) is 2.64. The van der Waals surface area contributed by atoms with E-state index in [1.165, 1.54) is 10.4 Å². The maximum atomic E-state index is 12.8. The third kappa shape index (κ3) is 3.58. The summed E-state index contributed by atoms with van der Waals surface area (Å²) in [5.74, 6) is 0. The highest BCUT2D eigenvalue weighted by Crippen LogP contribution is 2.37. The van der Waals surface area contributed by atoms with Gasteiger partial charge < -0.3 is 0 Å². The van der Waals surface area contributed by atoms with Crippen LogP contribution in [0, 0.1) is 11.3 Å². The maximum Gasteiger partial charge on any atom is 0.273 e. The van der Waals surface area contributed by atoms with Crippen LogP contribution in [-0.4, -0.2) is 15.0 Å². The Kier molecular flexibility index (Phi) is 5.27. The molecule has 4 nitrogen and oxygen atoms in total. The first-order valence-electron chi connectivity index (χ1n) is 5.86. The van der Waals surface area contributed by atoms with E-state index in [9.17, 15) is 8.42 Å². The minimum atomic E-state index is -3.74. The maximum absolute atomic E-state index is 12.8. The van der Waals surface area contributed by atoms with Crippen molar-refractivity contribution >= 4 is 54.6 Å². The van der Waals surface area contributed by atoms with Gasteiger partial charge in [0.25, 0.3) is 10.0 Å². The van der Waals surface area contributed by atoms with Crippen LogP contribution in [0.2, 0.25) is 5.02 Å². The number of benzene rings is 1. The van der Waals surface area contributed by atoms with Crippen molar-refractivity contribution < 1.29 is 8.42 Å². The number of hydrogen-bond acceptors (Lipinski definition) is 4. The topological polar surface area (TPSA) is 61.2 Å². The first-order valence-corrected chi connectivity index (χ1v) is 9.29. The summed E-state index contributed by atoms with van der Waals surface area (Å²) in [6, 6.07) is 12.1. The molecule has 2 rings (SSSR count). The van der Waals surface area contributed by atoms with Crippen molar-refractivity contribution in [2.45, 2.75) is 10.6 Å². The summed E-state index contributed by atoms with van der Waals surface area (Å²) in [5.41, 5.74) is 0.522. The van der Waals surface area contributed by atoms with Crippen molar-refractivity contribution in [2.75, 3.05) is 10.8 Å². The van der Waals surface area contributed by atoms with Gasteiger partial charge in [-0.15, -0.1) is 11.3 Å². The van der Waals surface area contributed by atoms with E-state index in [2.05, 4.69) is 15.9 Å². The highest BCUT2D eigenvalue weighted by atomic mass is 79.9. The zero-order chi connectivity index (χ0) is 15.5. The fourth-order valence-corrected chi connectivity index (χ4v) is 5.68. The summed E-state index contributed by atoms with van der Waals surface area (Å²) in [4.78, 5) is 0. The molecule has 2 aromatic rings. The molecule has 21 heavy (non-hydrogen) atoms. The highest BCUT2D eigenvalue weighted by Gasteiger charge is 2.27. The number of nitriles is 1. The predicted molar refractivity (Wildman–Crippen MR) is 88.2 cm³/mol. The van der Waals surface area contributed by atoms with Gasteiger partial charge in [-0.25, -0.2) is 8.42 Å². The van der Waals surface area contributed by atoms with Crippen LogP contribution in [0.1, 0.15) is 6.42 Å². The van der Waals surface area contributed by atoms with Gasteiger partial charge in [0.2, 0.25) is 0 Å². The Hall–Kier alpha value is -1.07. The van der Waals surface area contributed by atoms with Crippen LogP contribution in [0.15, 0.2) is 44.4 Å². The molecule has 0 spiro atoms. The molecule has 0 amide bonds. The minimum Gasteiger partial charge on any atom is -0.265 e. The number of para-hydroxylation sites is 1. The molecule has 0 aliphatic rings. The monoisotopic (exact) mass is 404 g/mol. The van der Waals surface area contributed by atoms with Crippen molar-refractivity contribution in [3.8, 4) is 6.07 Å². The molecule has 0 aliphatic carbocycles. The van der Waals surface area contributed by atoms with Crippen molar-refractivity contribution in [1.82, 2.24) is 0 Å². The van der Waals surface area contributed by atoms with Crippen molar-refractivity contribution in [1.29, 1.82) is 5.26 Å². The smallest absolute Gasteiger partial charge is 0.265 e. The van der Waals surface area contributed by atoms with Crippen LogP contribution in [-0.2, 0) is 10.0 Å². The molecule has 0 unspecified atom stereocenters. The lowest BCUT2D eigenvalue weighted by Crippen LogP contribution is -2.31. The van der Waals surface area contributed by atoms with Crippen molar-refractivity contribution in [2.24, 2.45) is 0 Å². The van der Waals surface area contributed by atoms with Crippen LogP contribution in [0.3, 0.4) is 0 Å². The van der Waals surface area contributed by atoms with Crippen LogP contribution in [0.25, 0.3) is 0 Å². The van der Waals surface area contributed by atoms with Crippen molar-refractivity contribution in [3.05, 3.63) is 45.2 Å². The van der Waals surface area contributed by atoms with E-state index >= 15 is 0 Å². The predicted octanol–water partition coefficient (Wildman–Crippen LogP) is 4.27. The zero-order valence-electron chi connectivity index (χ0n) is 10.7. The van der Waals surface area contributed by atoms with Gasteiger partial charge in [0.15, 0.2) is 0 Å². The fourth-order valence-electron chi connectivity index (χ4n) is 1.70. The third-order valence-corrected chi connectivity index (χ3v) is 7.39. The van der Waals surface area contributed by atoms with Gasteiger partial charge in [0.05, 0.1) is 27.0 Å². The highest BCUT2D eigenvalue weighted by molar-refractivity contribution is 9.11. The lowest BCUT2D eigenvalue weighted by Gasteiger charge is -2.22. The molecule has 0 bridgehead atoms. The fraction of sp³-hybridized carbons (Fsp3) is 0.154. The van der Waals surface area contributed by atoms with Crippen molar-refractivity contribution in [3.63, 3.8) is 0 Å². The Balaban J connectivity index is 2.47. The first kappa shape index (κ1) is 16.3. The van der Waals surface area contributed by atoms with E-state index in [0.29, 0.717) is 14.5 Å². The molecule has 0 N–H and O–H groups in total. The average molecular weight is 406 g/mol. The molecular formula is C13H10BrClN2O2S2. The second kappa shape index (κ2) is 6.79. The molecule has 1 heterocycles. The number of nitrogens with zero attached hydrogens (tertiary/aromatic N) is 2. The Bertz CT molecular complexity index is 750. The van der Waals surface area contributed by atoms with E-state index in [-0.39, 0.29) is 17.2 Å². The van der Waals surface area contributed by atoms with Gasteiger partial charge >= 0.3 is 0 Å². The molecule has 0 radical (unpaired) electrons. The summed E-state index contributed by atoms with van der Waals surface area (Å²) < 4.78 is 27.4. The van der Waals surface area contributed by atoms with Gasteiger partial charge in [-0.2, -0.15) is 5.26 Å². The molecule has 110 valence electrons.